The van der Waals surface area contributed by atoms with Crippen molar-refractivity contribution in [2.45, 2.75) is 24.8 Å². The zero-order chi connectivity index (χ0) is 24.9. The Morgan fingerprint density at radius 3 is 2.60 bits per heavy atom. The van der Waals surface area contributed by atoms with Crippen molar-refractivity contribution >= 4 is 28.5 Å². The third-order valence-corrected chi connectivity index (χ3v) is 7.34. The molecule has 0 aliphatic carbocycles. The number of halogens is 1. The lowest BCUT2D eigenvalue weighted by Gasteiger charge is -2.56. The Kier molecular flexibility index (Phi) is 5.67. The van der Waals surface area contributed by atoms with Crippen molar-refractivity contribution in [2.75, 3.05) is 38.7 Å². The van der Waals surface area contributed by atoms with Gasteiger partial charge < -0.3 is 29.5 Å². The number of aliphatic hydroxyl groups excluding tert-OH is 1. The number of para-hydroxylation sites is 1. The van der Waals surface area contributed by atoms with Crippen LogP contribution in [-0.4, -0.2) is 64.8 Å². The van der Waals surface area contributed by atoms with E-state index in [4.69, 9.17) is 4.74 Å². The minimum absolute atomic E-state index is 0.0609. The maximum atomic E-state index is 14.3. The number of rotatable bonds is 4. The summed E-state index contributed by atoms with van der Waals surface area (Å²) in [6, 6.07) is 10.7. The second-order valence-corrected chi connectivity index (χ2v) is 9.32. The van der Waals surface area contributed by atoms with Crippen LogP contribution in [0.5, 0.6) is 5.75 Å². The lowest BCUT2D eigenvalue weighted by atomic mass is 9.68. The molecule has 2 aliphatic rings. The summed E-state index contributed by atoms with van der Waals surface area (Å²) < 4.78 is 21.7. The smallest absolute Gasteiger partial charge is 0.322 e. The number of anilines is 1. The van der Waals surface area contributed by atoms with E-state index in [0.29, 0.717) is 31.8 Å². The SMILES string of the molecule is CCC(=O)N1CC2(C1)CN(C(=O)Nc1ccccc1F)[C@H](CO)c1c2c2ccc(OC)cc2n1C. The molecule has 1 aromatic heterocycles. The molecule has 5 rings (SSSR count). The normalized spacial score (nSPS) is 18.4. The standard InChI is InChI=1S/C26H29FN4O4/c1-4-22(33)30-13-26(14-30)15-31(25(34)28-19-8-6-5-7-18(19)27)21(12-32)24-23(26)17-10-9-16(35-3)11-20(17)29(24)2/h5-11,21,32H,4,12-15H2,1-3H3,(H,28,34)/t21-/m1/s1. The minimum Gasteiger partial charge on any atom is -0.497 e. The number of carbonyl (C=O) groups excluding carboxylic acids is 2. The molecular weight excluding hydrogens is 451 g/mol. The average molecular weight is 481 g/mol. The number of ether oxygens (including phenoxy) is 1. The van der Waals surface area contributed by atoms with E-state index in [2.05, 4.69) is 5.32 Å². The van der Waals surface area contributed by atoms with Crippen LogP contribution in [0.15, 0.2) is 42.5 Å². The summed E-state index contributed by atoms with van der Waals surface area (Å²) in [4.78, 5) is 29.3. The quantitative estimate of drug-likeness (QED) is 0.599. The lowest BCUT2D eigenvalue weighted by molar-refractivity contribution is -0.139. The van der Waals surface area contributed by atoms with Crippen LogP contribution >= 0.6 is 0 Å². The van der Waals surface area contributed by atoms with Crippen LogP contribution in [0.25, 0.3) is 10.9 Å². The van der Waals surface area contributed by atoms with Gasteiger partial charge in [0, 0.05) is 50.2 Å². The van der Waals surface area contributed by atoms with Gasteiger partial charge in [-0.25, -0.2) is 9.18 Å². The van der Waals surface area contributed by atoms with E-state index < -0.39 is 23.3 Å². The maximum Gasteiger partial charge on any atom is 0.322 e. The van der Waals surface area contributed by atoms with E-state index in [9.17, 15) is 19.1 Å². The molecule has 9 heteroatoms. The molecule has 3 heterocycles. The Morgan fingerprint density at radius 1 is 1.20 bits per heavy atom. The van der Waals surface area contributed by atoms with Gasteiger partial charge in [-0.3, -0.25) is 4.79 Å². The van der Waals surface area contributed by atoms with E-state index in [0.717, 1.165) is 22.2 Å². The molecule has 2 aliphatic heterocycles. The van der Waals surface area contributed by atoms with Gasteiger partial charge in [-0.2, -0.15) is 0 Å². The second kappa shape index (κ2) is 8.57. The third kappa shape index (κ3) is 3.53. The monoisotopic (exact) mass is 480 g/mol. The van der Waals surface area contributed by atoms with Gasteiger partial charge in [-0.15, -0.1) is 0 Å². The number of urea groups is 1. The van der Waals surface area contributed by atoms with Gasteiger partial charge in [-0.1, -0.05) is 19.1 Å². The molecule has 1 fully saturated rings. The van der Waals surface area contributed by atoms with Gasteiger partial charge in [0.2, 0.25) is 5.91 Å². The molecule has 35 heavy (non-hydrogen) atoms. The van der Waals surface area contributed by atoms with Crippen LogP contribution in [-0.2, 0) is 17.3 Å². The third-order valence-electron chi connectivity index (χ3n) is 7.34. The van der Waals surface area contributed by atoms with Crippen molar-refractivity contribution in [1.29, 1.82) is 0 Å². The molecule has 3 amide bonds. The highest BCUT2D eigenvalue weighted by Gasteiger charge is 2.55. The van der Waals surface area contributed by atoms with E-state index in [1.54, 1.807) is 29.0 Å². The fourth-order valence-corrected chi connectivity index (χ4v) is 5.66. The molecule has 1 spiro atoms. The number of hydrogen-bond donors (Lipinski definition) is 2. The molecule has 2 N–H and O–H groups in total. The van der Waals surface area contributed by atoms with Crippen LogP contribution in [0.2, 0.25) is 0 Å². The molecule has 184 valence electrons. The topological polar surface area (TPSA) is 87.0 Å². The van der Waals surface area contributed by atoms with Crippen molar-refractivity contribution < 1.29 is 23.8 Å². The number of likely N-dealkylation sites (tertiary alicyclic amines) is 1. The molecule has 0 radical (unpaired) electrons. The molecule has 1 atom stereocenters. The Balaban J connectivity index is 1.62. The fraction of sp³-hybridized carbons (Fsp3) is 0.385. The summed E-state index contributed by atoms with van der Waals surface area (Å²) in [5.41, 5.74) is 2.36. The molecule has 8 nitrogen and oxygen atoms in total. The molecule has 1 saturated heterocycles. The Hall–Kier alpha value is -3.59. The number of amides is 3. The highest BCUT2D eigenvalue weighted by Crippen LogP contribution is 2.49. The first-order valence-corrected chi connectivity index (χ1v) is 11.7. The van der Waals surface area contributed by atoms with Crippen molar-refractivity contribution in [3.63, 3.8) is 0 Å². The molecule has 2 aromatic carbocycles. The first kappa shape index (κ1) is 23.2. The van der Waals surface area contributed by atoms with Gasteiger partial charge >= 0.3 is 6.03 Å². The minimum atomic E-state index is -0.637. The zero-order valence-corrected chi connectivity index (χ0v) is 20.0. The number of hydrogen-bond acceptors (Lipinski definition) is 4. The highest BCUT2D eigenvalue weighted by molar-refractivity contribution is 5.93. The van der Waals surface area contributed by atoms with E-state index in [1.807, 2.05) is 36.7 Å². The Labute approximate surface area is 202 Å². The first-order valence-electron chi connectivity index (χ1n) is 11.7. The lowest BCUT2D eigenvalue weighted by Crippen LogP contribution is -2.68. The number of nitrogens with one attached hydrogen (secondary N) is 1. The largest absolute Gasteiger partial charge is 0.497 e. The molecule has 0 unspecified atom stereocenters. The maximum absolute atomic E-state index is 14.3. The van der Waals surface area contributed by atoms with Gasteiger partial charge in [0.15, 0.2) is 0 Å². The summed E-state index contributed by atoms with van der Waals surface area (Å²) in [7, 11) is 3.51. The van der Waals surface area contributed by atoms with Crippen LogP contribution in [0, 0.1) is 5.82 Å². The fourth-order valence-electron chi connectivity index (χ4n) is 5.66. The van der Waals surface area contributed by atoms with E-state index >= 15 is 0 Å². The highest BCUT2D eigenvalue weighted by atomic mass is 19.1. The van der Waals surface area contributed by atoms with Crippen LogP contribution in [0.1, 0.15) is 30.6 Å². The van der Waals surface area contributed by atoms with Crippen LogP contribution in [0.4, 0.5) is 14.9 Å². The van der Waals surface area contributed by atoms with Gasteiger partial charge in [0.05, 0.1) is 36.4 Å². The molecule has 3 aromatic rings. The average Bonchev–Trinajstić information content (AvgIpc) is 3.14. The number of aromatic nitrogens is 1. The molecule has 0 bridgehead atoms. The summed E-state index contributed by atoms with van der Waals surface area (Å²) >= 11 is 0. The summed E-state index contributed by atoms with van der Waals surface area (Å²) in [5.74, 6) is 0.232. The summed E-state index contributed by atoms with van der Waals surface area (Å²) in [6.07, 6.45) is 0.409. The number of benzene rings is 2. The number of methoxy groups -OCH3 is 1. The first-order chi connectivity index (χ1) is 16.8. The van der Waals surface area contributed by atoms with Crippen molar-refractivity contribution in [3.8, 4) is 5.75 Å². The summed E-state index contributed by atoms with van der Waals surface area (Å²) in [6.45, 7) is 2.77. The number of carbonyl (C=O) groups is 2. The van der Waals surface area contributed by atoms with Crippen molar-refractivity contribution in [1.82, 2.24) is 14.4 Å². The van der Waals surface area contributed by atoms with Gasteiger partial charge in [0.1, 0.15) is 11.6 Å². The predicted molar refractivity (Wildman–Crippen MR) is 130 cm³/mol. The second-order valence-electron chi connectivity index (χ2n) is 9.32. The number of aryl methyl sites for hydroxylation is 1. The van der Waals surface area contributed by atoms with Crippen molar-refractivity contribution in [2.24, 2.45) is 7.05 Å². The van der Waals surface area contributed by atoms with Crippen LogP contribution < -0.4 is 10.1 Å². The van der Waals surface area contributed by atoms with Crippen LogP contribution in [0.3, 0.4) is 0 Å². The van der Waals surface area contributed by atoms with Gasteiger partial charge in [0.25, 0.3) is 0 Å². The summed E-state index contributed by atoms with van der Waals surface area (Å²) in [5, 5.41) is 14.2. The predicted octanol–water partition coefficient (Wildman–Crippen LogP) is 3.40. The van der Waals surface area contributed by atoms with E-state index in [-0.39, 0.29) is 18.2 Å². The molecular formula is C26H29FN4O4. The van der Waals surface area contributed by atoms with Crippen molar-refractivity contribution in [3.05, 3.63) is 59.5 Å². The van der Waals surface area contributed by atoms with E-state index in [1.165, 1.54) is 12.1 Å². The number of aliphatic hydroxyl groups is 1. The Bertz CT molecular complexity index is 1310. The van der Waals surface area contributed by atoms with Gasteiger partial charge in [-0.05, 0) is 29.8 Å². The number of fused-ring (bicyclic) bond motifs is 4. The zero-order valence-electron chi connectivity index (χ0n) is 20.0. The molecule has 0 saturated carbocycles. The number of nitrogens with zero attached hydrogens (tertiary/aromatic N) is 3. The Morgan fingerprint density at radius 2 is 1.94 bits per heavy atom.